The van der Waals surface area contributed by atoms with E-state index in [1.807, 2.05) is 0 Å². The molecule has 1 aliphatic heterocycles. The third-order valence-corrected chi connectivity index (χ3v) is 4.04. The second-order valence-corrected chi connectivity index (χ2v) is 5.56. The van der Waals surface area contributed by atoms with Crippen molar-refractivity contribution in [2.75, 3.05) is 13.6 Å². The first-order valence-electron chi connectivity index (χ1n) is 4.45. The minimum absolute atomic E-state index is 0.306. The highest BCUT2D eigenvalue weighted by molar-refractivity contribution is 7.95. The van der Waals surface area contributed by atoms with Gasteiger partial charge in [-0.1, -0.05) is 17.7 Å². The highest BCUT2D eigenvalue weighted by atomic mass is 35.5. The van der Waals surface area contributed by atoms with Crippen LogP contribution in [0.1, 0.15) is 5.56 Å². The van der Waals surface area contributed by atoms with Crippen LogP contribution in [0.4, 0.5) is 0 Å². The summed E-state index contributed by atoms with van der Waals surface area (Å²) in [5, 5.41) is 4.67. The first kappa shape index (κ1) is 10.7. The van der Waals surface area contributed by atoms with Crippen LogP contribution in [-0.2, 0) is 9.84 Å². The lowest BCUT2D eigenvalue weighted by atomic mass is 10.1. The van der Waals surface area contributed by atoms with Crippen LogP contribution in [0, 0.1) is 0 Å². The Labute approximate surface area is 93.7 Å². The maximum Gasteiger partial charge on any atom is 0.200 e. The van der Waals surface area contributed by atoms with Crippen molar-refractivity contribution < 1.29 is 8.42 Å². The summed E-state index contributed by atoms with van der Waals surface area (Å²) in [7, 11) is -1.51. The zero-order chi connectivity index (χ0) is 11.1. The molecule has 0 atom stereocenters. The van der Waals surface area contributed by atoms with E-state index in [2.05, 4.69) is 5.32 Å². The molecule has 0 spiro atoms. The van der Waals surface area contributed by atoms with Gasteiger partial charge in [0.25, 0.3) is 0 Å². The number of nitrogens with one attached hydrogen (secondary N) is 1. The molecule has 1 aromatic carbocycles. The fourth-order valence-corrected chi connectivity index (χ4v) is 3.38. The molecule has 0 amide bonds. The molecule has 1 N–H and O–H groups in total. The summed E-state index contributed by atoms with van der Waals surface area (Å²) >= 11 is 5.77. The number of sulfone groups is 1. The SMILES string of the molecule is CNCC1=CS(=O)(=O)c2cc(Cl)ccc21. The largest absolute Gasteiger partial charge is 0.316 e. The van der Waals surface area contributed by atoms with Gasteiger partial charge in [-0.05, 0) is 30.3 Å². The molecule has 2 rings (SSSR count). The Hall–Kier alpha value is -0.840. The van der Waals surface area contributed by atoms with Gasteiger partial charge >= 0.3 is 0 Å². The van der Waals surface area contributed by atoms with Gasteiger partial charge in [-0.2, -0.15) is 0 Å². The molecule has 0 saturated heterocycles. The van der Waals surface area contributed by atoms with Gasteiger partial charge in [0.2, 0.25) is 9.84 Å². The fourth-order valence-electron chi connectivity index (χ4n) is 1.64. The molecule has 80 valence electrons. The van der Waals surface area contributed by atoms with Crippen LogP contribution < -0.4 is 5.32 Å². The molecule has 0 saturated carbocycles. The monoisotopic (exact) mass is 243 g/mol. The Morgan fingerprint density at radius 2 is 2.13 bits per heavy atom. The van der Waals surface area contributed by atoms with Crippen molar-refractivity contribution in [1.82, 2.24) is 5.32 Å². The molecular weight excluding hydrogens is 234 g/mol. The van der Waals surface area contributed by atoms with E-state index in [0.29, 0.717) is 16.5 Å². The molecule has 0 aliphatic carbocycles. The van der Waals surface area contributed by atoms with E-state index in [1.165, 1.54) is 11.5 Å². The minimum atomic E-state index is -3.29. The number of fused-ring (bicyclic) bond motifs is 1. The smallest absolute Gasteiger partial charge is 0.200 e. The number of halogens is 1. The summed E-state index contributed by atoms with van der Waals surface area (Å²) in [6.07, 6.45) is 0. The van der Waals surface area contributed by atoms with Gasteiger partial charge in [-0.25, -0.2) is 8.42 Å². The Morgan fingerprint density at radius 3 is 2.80 bits per heavy atom. The lowest BCUT2D eigenvalue weighted by Gasteiger charge is -2.03. The quantitative estimate of drug-likeness (QED) is 0.860. The van der Waals surface area contributed by atoms with E-state index < -0.39 is 9.84 Å². The molecule has 3 nitrogen and oxygen atoms in total. The van der Waals surface area contributed by atoms with E-state index in [0.717, 1.165) is 11.1 Å². The van der Waals surface area contributed by atoms with Crippen molar-refractivity contribution in [1.29, 1.82) is 0 Å². The summed E-state index contributed by atoms with van der Waals surface area (Å²) in [6, 6.07) is 4.93. The maximum atomic E-state index is 11.7. The Kier molecular flexibility index (Phi) is 2.58. The third-order valence-electron chi connectivity index (χ3n) is 2.26. The Bertz CT molecular complexity index is 534. The van der Waals surface area contributed by atoms with Crippen molar-refractivity contribution in [3.63, 3.8) is 0 Å². The van der Waals surface area contributed by atoms with Gasteiger partial charge in [0, 0.05) is 17.0 Å². The molecule has 0 radical (unpaired) electrons. The van der Waals surface area contributed by atoms with Crippen LogP contribution in [0.15, 0.2) is 28.5 Å². The van der Waals surface area contributed by atoms with Gasteiger partial charge in [-0.3, -0.25) is 0 Å². The van der Waals surface area contributed by atoms with Crippen LogP contribution in [0.25, 0.3) is 5.57 Å². The Morgan fingerprint density at radius 1 is 1.40 bits per heavy atom. The second kappa shape index (κ2) is 3.63. The van der Waals surface area contributed by atoms with Crippen molar-refractivity contribution in [2.45, 2.75) is 4.90 Å². The van der Waals surface area contributed by atoms with Gasteiger partial charge in [0.05, 0.1) is 4.90 Å². The van der Waals surface area contributed by atoms with Crippen LogP contribution in [0.3, 0.4) is 0 Å². The number of rotatable bonds is 2. The van der Waals surface area contributed by atoms with Crippen LogP contribution in [-0.4, -0.2) is 22.0 Å². The third kappa shape index (κ3) is 1.80. The summed E-state index contributed by atoms with van der Waals surface area (Å²) in [6.45, 7) is 0.536. The van der Waals surface area contributed by atoms with E-state index in [9.17, 15) is 8.42 Å². The van der Waals surface area contributed by atoms with Crippen molar-refractivity contribution in [3.8, 4) is 0 Å². The molecule has 0 aromatic heterocycles. The average molecular weight is 244 g/mol. The lowest BCUT2D eigenvalue weighted by Crippen LogP contribution is -2.08. The van der Waals surface area contributed by atoms with Crippen LogP contribution in [0.5, 0.6) is 0 Å². The highest BCUT2D eigenvalue weighted by Gasteiger charge is 2.26. The second-order valence-electron chi connectivity index (χ2n) is 3.36. The standard InChI is InChI=1S/C10H10ClNO2S/c1-12-5-7-6-15(13,14)10-4-8(11)2-3-9(7)10/h2-4,6,12H,5H2,1H3. The highest BCUT2D eigenvalue weighted by Crippen LogP contribution is 2.34. The topological polar surface area (TPSA) is 46.2 Å². The number of likely N-dealkylation sites (N-methyl/N-ethyl adjacent to an activating group) is 1. The predicted octanol–water partition coefficient (Wildman–Crippen LogP) is 1.69. The van der Waals surface area contributed by atoms with E-state index in [1.54, 1.807) is 19.2 Å². The van der Waals surface area contributed by atoms with Crippen LogP contribution in [0.2, 0.25) is 5.02 Å². The molecular formula is C10H10ClNO2S. The normalized spacial score (nSPS) is 17.3. The minimum Gasteiger partial charge on any atom is -0.316 e. The van der Waals surface area contributed by atoms with E-state index in [4.69, 9.17) is 11.6 Å². The molecule has 15 heavy (non-hydrogen) atoms. The molecule has 0 bridgehead atoms. The molecule has 0 fully saturated rings. The maximum absolute atomic E-state index is 11.7. The zero-order valence-corrected chi connectivity index (χ0v) is 9.69. The summed E-state index contributed by atoms with van der Waals surface area (Å²) in [5.41, 5.74) is 1.53. The van der Waals surface area contributed by atoms with Gasteiger partial charge in [-0.15, -0.1) is 0 Å². The zero-order valence-electron chi connectivity index (χ0n) is 8.12. The van der Waals surface area contributed by atoms with E-state index in [-0.39, 0.29) is 0 Å². The summed E-state index contributed by atoms with van der Waals surface area (Å²) in [5.74, 6) is 0. The van der Waals surface area contributed by atoms with Gasteiger partial charge in [0.15, 0.2) is 0 Å². The molecule has 1 aliphatic rings. The molecule has 1 aromatic rings. The van der Waals surface area contributed by atoms with E-state index >= 15 is 0 Å². The molecule has 0 unspecified atom stereocenters. The number of hydrogen-bond acceptors (Lipinski definition) is 3. The molecule has 5 heteroatoms. The first-order chi connectivity index (χ1) is 7.04. The van der Waals surface area contributed by atoms with Crippen LogP contribution >= 0.6 is 11.6 Å². The predicted molar refractivity (Wildman–Crippen MR) is 60.5 cm³/mol. The van der Waals surface area contributed by atoms with Crippen molar-refractivity contribution >= 4 is 27.0 Å². The average Bonchev–Trinajstić information content (AvgIpc) is 2.39. The number of benzene rings is 1. The van der Waals surface area contributed by atoms with Crippen molar-refractivity contribution in [3.05, 3.63) is 34.2 Å². The number of hydrogen-bond donors (Lipinski definition) is 1. The van der Waals surface area contributed by atoms with Crippen molar-refractivity contribution in [2.24, 2.45) is 0 Å². The van der Waals surface area contributed by atoms with Gasteiger partial charge in [0.1, 0.15) is 0 Å². The summed E-state index contributed by atoms with van der Waals surface area (Å²) in [4.78, 5) is 0.306. The Balaban J connectivity index is 2.62. The molecule has 1 heterocycles. The first-order valence-corrected chi connectivity index (χ1v) is 6.37. The lowest BCUT2D eigenvalue weighted by molar-refractivity contribution is 0.605. The van der Waals surface area contributed by atoms with Gasteiger partial charge < -0.3 is 5.32 Å². The fraction of sp³-hybridized carbons (Fsp3) is 0.200. The summed E-state index contributed by atoms with van der Waals surface area (Å²) < 4.78 is 23.5.